The lowest BCUT2D eigenvalue weighted by atomic mass is 10.1. The molecule has 0 aliphatic rings. The summed E-state index contributed by atoms with van der Waals surface area (Å²) < 4.78 is 20.2. The Labute approximate surface area is 267 Å². The third-order valence-corrected chi connectivity index (χ3v) is 8.01. The summed E-state index contributed by atoms with van der Waals surface area (Å²) in [4.78, 5) is 40.2. The number of rotatable bonds is 14. The van der Waals surface area contributed by atoms with Gasteiger partial charge < -0.3 is 20.7 Å². The van der Waals surface area contributed by atoms with E-state index in [2.05, 4.69) is 22.9 Å². The van der Waals surface area contributed by atoms with Gasteiger partial charge in [0.05, 0.1) is 11.9 Å². The van der Waals surface area contributed by atoms with E-state index >= 15 is 0 Å². The first kappa shape index (κ1) is 33.0. The topological polar surface area (TPSA) is 96.5 Å². The van der Waals surface area contributed by atoms with Crippen LogP contribution in [0.1, 0.15) is 49.0 Å². The monoisotopic (exact) mass is 625 g/mol. The first-order chi connectivity index (χ1) is 21.9. The van der Waals surface area contributed by atoms with Crippen molar-refractivity contribution >= 4 is 46.9 Å². The van der Waals surface area contributed by atoms with Gasteiger partial charge >= 0.3 is 0 Å². The first-order valence-electron chi connectivity index (χ1n) is 14.8. The van der Waals surface area contributed by atoms with Crippen LogP contribution in [-0.4, -0.2) is 29.6 Å². The second kappa shape index (κ2) is 16.8. The highest BCUT2D eigenvalue weighted by Crippen LogP contribution is 2.29. The summed E-state index contributed by atoms with van der Waals surface area (Å²) in [7, 11) is 0. The number of unbranched alkanes of at least 4 members (excludes halogenated alkanes) is 1. The highest BCUT2D eigenvalue weighted by molar-refractivity contribution is 8.00. The molecular weight excluding hydrogens is 589 g/mol. The fourth-order valence-electron chi connectivity index (χ4n) is 4.21. The van der Waals surface area contributed by atoms with Gasteiger partial charge in [-0.25, -0.2) is 4.39 Å². The largest absolute Gasteiger partial charge is 0.494 e. The van der Waals surface area contributed by atoms with E-state index in [-0.39, 0.29) is 17.2 Å². The van der Waals surface area contributed by atoms with E-state index in [0.29, 0.717) is 30.0 Å². The summed E-state index contributed by atoms with van der Waals surface area (Å²) in [6.07, 6.45) is 3.91. The number of amides is 3. The van der Waals surface area contributed by atoms with Crippen LogP contribution < -0.4 is 20.7 Å². The van der Waals surface area contributed by atoms with Crippen molar-refractivity contribution in [1.29, 1.82) is 0 Å². The van der Waals surface area contributed by atoms with Gasteiger partial charge in [-0.1, -0.05) is 62.7 Å². The predicted octanol–water partition coefficient (Wildman–Crippen LogP) is 7.92. The minimum atomic E-state index is -0.628. The fraction of sp³-hybridized carbons (Fsp3) is 0.194. The molecule has 1 unspecified atom stereocenters. The van der Waals surface area contributed by atoms with Gasteiger partial charge in [0.2, 0.25) is 5.91 Å². The Morgan fingerprint density at radius 3 is 2.29 bits per heavy atom. The third kappa shape index (κ3) is 10.1. The lowest BCUT2D eigenvalue weighted by molar-refractivity contribution is -0.116. The van der Waals surface area contributed by atoms with Crippen LogP contribution in [0.5, 0.6) is 5.75 Å². The molecule has 0 spiro atoms. The fourth-order valence-corrected chi connectivity index (χ4v) is 5.23. The maximum atomic E-state index is 14.5. The molecule has 3 amide bonds. The molecule has 0 aliphatic heterocycles. The molecule has 0 fully saturated rings. The molecule has 0 radical (unpaired) electrons. The summed E-state index contributed by atoms with van der Waals surface area (Å²) in [6, 6.07) is 28.8. The first-order valence-corrected chi connectivity index (χ1v) is 15.7. The lowest BCUT2D eigenvalue weighted by Crippen LogP contribution is -2.30. The molecule has 9 heteroatoms. The van der Waals surface area contributed by atoms with Crippen LogP contribution >= 0.6 is 11.8 Å². The van der Waals surface area contributed by atoms with E-state index < -0.39 is 22.9 Å². The Morgan fingerprint density at radius 2 is 1.58 bits per heavy atom. The number of carbonyl (C=O) groups excluding carboxylic acids is 3. The molecule has 0 heterocycles. The van der Waals surface area contributed by atoms with Crippen LogP contribution in [-0.2, 0) is 9.59 Å². The third-order valence-electron chi connectivity index (χ3n) is 6.66. The van der Waals surface area contributed by atoms with Gasteiger partial charge in [-0.15, -0.1) is 11.8 Å². The van der Waals surface area contributed by atoms with E-state index in [1.54, 1.807) is 60.7 Å². The van der Waals surface area contributed by atoms with Gasteiger partial charge in [0, 0.05) is 27.4 Å². The van der Waals surface area contributed by atoms with Gasteiger partial charge in [0.15, 0.2) is 0 Å². The second-order valence-electron chi connectivity index (χ2n) is 10.1. The van der Waals surface area contributed by atoms with E-state index in [9.17, 15) is 18.8 Å². The van der Waals surface area contributed by atoms with E-state index in [1.165, 1.54) is 30.0 Å². The Balaban J connectivity index is 1.44. The highest BCUT2D eigenvalue weighted by Gasteiger charge is 2.20. The number of hydrogen-bond donors (Lipinski definition) is 3. The molecule has 1 atom stereocenters. The molecular formula is C36H36FN3O4S. The Morgan fingerprint density at radius 1 is 0.844 bits per heavy atom. The maximum Gasteiger partial charge on any atom is 0.272 e. The second-order valence-corrected chi connectivity index (χ2v) is 11.4. The molecule has 3 N–H and O–H groups in total. The average molecular weight is 626 g/mol. The van der Waals surface area contributed by atoms with Gasteiger partial charge in [-0.05, 0) is 79.6 Å². The number of hydrogen-bond acceptors (Lipinski definition) is 5. The van der Waals surface area contributed by atoms with Crippen LogP contribution in [0, 0.1) is 5.82 Å². The Kier molecular flexibility index (Phi) is 12.3. The van der Waals surface area contributed by atoms with Crippen molar-refractivity contribution in [3.05, 3.63) is 126 Å². The summed E-state index contributed by atoms with van der Waals surface area (Å²) in [6.45, 7) is 4.69. The number of thioether (sulfide) groups is 1. The van der Waals surface area contributed by atoms with Crippen molar-refractivity contribution in [2.45, 2.75) is 43.3 Å². The zero-order chi connectivity index (χ0) is 32.0. The number of halogens is 1. The molecule has 7 nitrogen and oxygen atoms in total. The number of ether oxygens (including phenoxy) is 1. The van der Waals surface area contributed by atoms with Crippen LogP contribution in [0.3, 0.4) is 0 Å². The molecule has 4 aromatic rings. The molecule has 4 aromatic carbocycles. The van der Waals surface area contributed by atoms with Crippen LogP contribution in [0.2, 0.25) is 0 Å². The van der Waals surface area contributed by atoms with Crippen molar-refractivity contribution in [2.75, 3.05) is 17.2 Å². The standard InChI is InChI=1S/C36H36FN3O4S/c1-3-5-22-44-29-20-18-27(19-21-29)38-36(43)33(4-2)45-30-16-11-15-28(24-30)39-35(42)32(23-26-14-9-10-17-31(26)37)40-34(41)25-12-7-6-8-13-25/h6-21,23-24,33H,3-5,22H2,1-2H3,(H,38,43)(H,39,42)(H,40,41)/b32-23-. The van der Waals surface area contributed by atoms with Crippen molar-refractivity contribution in [3.8, 4) is 5.75 Å². The molecule has 232 valence electrons. The summed E-state index contributed by atoms with van der Waals surface area (Å²) in [5.74, 6) is -1.05. The SMILES string of the molecule is CCCCOc1ccc(NC(=O)C(CC)Sc2cccc(NC(=O)/C(=C/c3ccccc3F)NC(=O)c3ccccc3)c2)cc1. The summed E-state index contributed by atoms with van der Waals surface area (Å²) in [5.41, 5.74) is 1.50. The van der Waals surface area contributed by atoms with Crippen molar-refractivity contribution in [2.24, 2.45) is 0 Å². The molecule has 0 bridgehead atoms. The van der Waals surface area contributed by atoms with E-state index in [0.717, 1.165) is 23.5 Å². The zero-order valence-electron chi connectivity index (χ0n) is 25.2. The minimum absolute atomic E-state index is 0.125. The molecule has 0 aromatic heterocycles. The van der Waals surface area contributed by atoms with Crippen molar-refractivity contribution in [1.82, 2.24) is 5.32 Å². The molecule has 4 rings (SSSR count). The maximum absolute atomic E-state index is 14.5. The number of benzene rings is 4. The molecule has 45 heavy (non-hydrogen) atoms. The van der Waals surface area contributed by atoms with Gasteiger partial charge in [0.1, 0.15) is 17.3 Å². The zero-order valence-corrected chi connectivity index (χ0v) is 26.0. The Bertz CT molecular complexity index is 1630. The van der Waals surface area contributed by atoms with Crippen LogP contribution in [0.4, 0.5) is 15.8 Å². The average Bonchev–Trinajstić information content (AvgIpc) is 3.05. The van der Waals surface area contributed by atoms with Crippen LogP contribution in [0.15, 0.2) is 114 Å². The smallest absolute Gasteiger partial charge is 0.272 e. The lowest BCUT2D eigenvalue weighted by Gasteiger charge is -2.16. The normalized spacial score (nSPS) is 11.8. The predicted molar refractivity (Wildman–Crippen MR) is 179 cm³/mol. The van der Waals surface area contributed by atoms with E-state index in [4.69, 9.17) is 4.74 Å². The van der Waals surface area contributed by atoms with E-state index in [1.807, 2.05) is 37.3 Å². The van der Waals surface area contributed by atoms with Crippen LogP contribution in [0.25, 0.3) is 6.08 Å². The summed E-state index contributed by atoms with van der Waals surface area (Å²) >= 11 is 1.37. The van der Waals surface area contributed by atoms with Gasteiger partial charge in [-0.2, -0.15) is 0 Å². The quantitative estimate of drug-likeness (QED) is 0.0752. The van der Waals surface area contributed by atoms with Gasteiger partial charge in [-0.3, -0.25) is 14.4 Å². The molecule has 0 saturated carbocycles. The Hall–Kier alpha value is -4.89. The number of carbonyl (C=O) groups is 3. The number of anilines is 2. The van der Waals surface area contributed by atoms with Gasteiger partial charge in [0.25, 0.3) is 11.8 Å². The highest BCUT2D eigenvalue weighted by atomic mass is 32.2. The molecule has 0 aliphatic carbocycles. The summed E-state index contributed by atoms with van der Waals surface area (Å²) in [5, 5.41) is 7.98. The van der Waals surface area contributed by atoms with Crippen molar-refractivity contribution < 1.29 is 23.5 Å². The number of nitrogens with one attached hydrogen (secondary N) is 3. The minimum Gasteiger partial charge on any atom is -0.494 e. The molecule has 0 saturated heterocycles. The van der Waals surface area contributed by atoms with Crippen molar-refractivity contribution in [3.63, 3.8) is 0 Å².